The highest BCUT2D eigenvalue weighted by Crippen LogP contribution is 2.27. The van der Waals surface area contributed by atoms with E-state index in [0.717, 1.165) is 10.0 Å². The fourth-order valence-electron chi connectivity index (χ4n) is 1.85. The first kappa shape index (κ1) is 18.3. The molecule has 0 aliphatic carbocycles. The maximum atomic E-state index is 12.4. The summed E-state index contributed by atoms with van der Waals surface area (Å²) in [4.78, 5) is 14.1. The molecule has 0 saturated heterocycles. The molecule has 1 rings (SSSR count). The summed E-state index contributed by atoms with van der Waals surface area (Å²) in [7, 11) is 0. The first-order valence-electron chi connectivity index (χ1n) is 7.01. The smallest absolute Gasteiger partial charge is 0.410 e. The van der Waals surface area contributed by atoms with Gasteiger partial charge in [-0.2, -0.15) is 0 Å². The number of carbonyl (C=O) groups is 1. The van der Waals surface area contributed by atoms with Gasteiger partial charge in [-0.1, -0.05) is 37.6 Å². The van der Waals surface area contributed by atoms with E-state index in [0.29, 0.717) is 24.0 Å². The van der Waals surface area contributed by atoms with Gasteiger partial charge in [0.05, 0.1) is 11.6 Å². The lowest BCUT2D eigenvalue weighted by atomic mass is 10.1. The van der Waals surface area contributed by atoms with Crippen molar-refractivity contribution in [2.75, 3.05) is 6.54 Å². The molecule has 0 radical (unpaired) electrons. The van der Waals surface area contributed by atoms with Gasteiger partial charge in [0.25, 0.3) is 0 Å². The lowest BCUT2D eigenvalue weighted by Crippen LogP contribution is -2.38. The van der Waals surface area contributed by atoms with Gasteiger partial charge in [-0.05, 0) is 54.2 Å². The minimum absolute atomic E-state index is 0.303. The number of hydrogen-bond donors (Lipinski definition) is 0. The average Bonchev–Trinajstić information content (AvgIpc) is 2.31. The van der Waals surface area contributed by atoms with Gasteiger partial charge in [0.2, 0.25) is 0 Å². The molecule has 0 fully saturated rings. The Morgan fingerprint density at radius 1 is 1.38 bits per heavy atom. The molecule has 0 aliphatic rings. The van der Waals surface area contributed by atoms with Crippen LogP contribution in [0.15, 0.2) is 22.7 Å². The molecule has 118 valence electrons. The fourth-order valence-corrected chi connectivity index (χ4v) is 2.43. The normalized spacial score (nSPS) is 11.6. The Hall–Kier alpha value is -0.740. The molecule has 1 aromatic carbocycles. The van der Waals surface area contributed by atoms with E-state index >= 15 is 0 Å². The van der Waals surface area contributed by atoms with E-state index in [1.54, 1.807) is 4.90 Å². The summed E-state index contributed by atoms with van der Waals surface area (Å²) in [6.45, 7) is 10.9. The maximum absolute atomic E-state index is 12.4. The molecule has 0 spiro atoms. The van der Waals surface area contributed by atoms with E-state index in [1.165, 1.54) is 0 Å². The largest absolute Gasteiger partial charge is 0.444 e. The molecule has 0 aliphatic heterocycles. The lowest BCUT2D eigenvalue weighted by molar-refractivity contribution is 0.0211. The van der Waals surface area contributed by atoms with Crippen LogP contribution in [-0.4, -0.2) is 23.1 Å². The van der Waals surface area contributed by atoms with Crippen LogP contribution in [0, 0.1) is 5.92 Å². The number of ether oxygens (including phenoxy) is 1. The van der Waals surface area contributed by atoms with E-state index in [1.807, 2.05) is 39.0 Å². The van der Waals surface area contributed by atoms with Crippen LogP contribution < -0.4 is 0 Å². The topological polar surface area (TPSA) is 29.5 Å². The number of amides is 1. The molecular weight excluding hydrogens is 354 g/mol. The van der Waals surface area contributed by atoms with Crippen LogP contribution in [0.4, 0.5) is 4.79 Å². The van der Waals surface area contributed by atoms with Gasteiger partial charge in [0.1, 0.15) is 5.60 Å². The van der Waals surface area contributed by atoms with Crippen molar-refractivity contribution >= 4 is 33.6 Å². The Balaban J connectivity index is 2.93. The Kier molecular flexibility index (Phi) is 6.54. The zero-order valence-corrected chi connectivity index (χ0v) is 15.6. The number of carbonyl (C=O) groups excluding carboxylic acids is 1. The van der Waals surface area contributed by atoms with Crippen LogP contribution in [0.1, 0.15) is 40.2 Å². The molecular formula is C16H23BrClNO2. The van der Waals surface area contributed by atoms with E-state index in [4.69, 9.17) is 16.3 Å². The van der Waals surface area contributed by atoms with Crippen LogP contribution in [0.2, 0.25) is 5.02 Å². The van der Waals surface area contributed by atoms with Crippen LogP contribution in [-0.2, 0) is 11.3 Å². The van der Waals surface area contributed by atoms with E-state index in [-0.39, 0.29) is 6.09 Å². The van der Waals surface area contributed by atoms with Crippen LogP contribution in [0.5, 0.6) is 0 Å². The lowest BCUT2D eigenvalue weighted by Gasteiger charge is -2.29. The minimum Gasteiger partial charge on any atom is -0.444 e. The Morgan fingerprint density at radius 3 is 2.52 bits per heavy atom. The first-order valence-corrected chi connectivity index (χ1v) is 8.18. The third-order valence-electron chi connectivity index (χ3n) is 2.63. The second-order valence-electron chi connectivity index (χ2n) is 6.47. The molecule has 0 saturated carbocycles. The van der Waals surface area contributed by atoms with Crippen molar-refractivity contribution in [3.05, 3.63) is 33.3 Å². The first-order chi connectivity index (χ1) is 9.60. The Labute approximate surface area is 140 Å². The number of hydrogen-bond acceptors (Lipinski definition) is 2. The maximum Gasteiger partial charge on any atom is 0.410 e. The Bertz CT molecular complexity index is 498. The van der Waals surface area contributed by atoms with E-state index < -0.39 is 5.60 Å². The number of nitrogens with zero attached hydrogens (tertiary/aromatic N) is 1. The summed E-state index contributed by atoms with van der Waals surface area (Å²) in [6, 6.07) is 5.65. The second-order valence-corrected chi connectivity index (χ2v) is 7.67. The molecule has 21 heavy (non-hydrogen) atoms. The van der Waals surface area contributed by atoms with Crippen molar-refractivity contribution < 1.29 is 9.53 Å². The minimum atomic E-state index is -0.502. The number of benzene rings is 1. The molecule has 0 N–H and O–H groups in total. The summed E-state index contributed by atoms with van der Waals surface area (Å²) >= 11 is 9.58. The summed E-state index contributed by atoms with van der Waals surface area (Å²) in [6.07, 6.45) is -0.303. The zero-order chi connectivity index (χ0) is 16.2. The highest BCUT2D eigenvalue weighted by molar-refractivity contribution is 9.10. The third-order valence-corrected chi connectivity index (χ3v) is 4.11. The predicted molar refractivity (Wildman–Crippen MR) is 90.6 cm³/mol. The molecule has 0 aromatic heterocycles. The molecule has 1 amide bonds. The third kappa shape index (κ3) is 6.27. The monoisotopic (exact) mass is 375 g/mol. The van der Waals surface area contributed by atoms with Crippen molar-refractivity contribution in [1.82, 2.24) is 4.90 Å². The number of halogens is 2. The summed E-state index contributed by atoms with van der Waals surface area (Å²) in [5, 5.41) is 0.640. The quantitative estimate of drug-likeness (QED) is 0.695. The zero-order valence-electron chi connectivity index (χ0n) is 13.2. The van der Waals surface area contributed by atoms with Crippen molar-refractivity contribution in [1.29, 1.82) is 0 Å². The molecule has 1 aromatic rings. The van der Waals surface area contributed by atoms with Gasteiger partial charge >= 0.3 is 6.09 Å². The van der Waals surface area contributed by atoms with Crippen LogP contribution >= 0.6 is 27.5 Å². The average molecular weight is 377 g/mol. The van der Waals surface area contributed by atoms with Crippen molar-refractivity contribution in [2.24, 2.45) is 5.92 Å². The van der Waals surface area contributed by atoms with E-state index in [2.05, 4.69) is 29.8 Å². The van der Waals surface area contributed by atoms with Crippen molar-refractivity contribution in [3.8, 4) is 0 Å². The Morgan fingerprint density at radius 2 is 2.00 bits per heavy atom. The van der Waals surface area contributed by atoms with Gasteiger partial charge < -0.3 is 9.64 Å². The molecule has 3 nitrogen and oxygen atoms in total. The van der Waals surface area contributed by atoms with Crippen LogP contribution in [0.3, 0.4) is 0 Å². The van der Waals surface area contributed by atoms with Gasteiger partial charge in [0.15, 0.2) is 0 Å². The van der Waals surface area contributed by atoms with Gasteiger partial charge in [-0.25, -0.2) is 4.79 Å². The van der Waals surface area contributed by atoms with Crippen molar-refractivity contribution in [2.45, 2.75) is 46.8 Å². The highest BCUT2D eigenvalue weighted by Gasteiger charge is 2.23. The van der Waals surface area contributed by atoms with E-state index in [9.17, 15) is 4.79 Å². The SMILES string of the molecule is CC(C)CN(Cc1cccc(Cl)c1Br)C(=O)OC(C)(C)C. The summed E-state index contributed by atoms with van der Waals surface area (Å²) < 4.78 is 6.30. The van der Waals surface area contributed by atoms with Crippen LogP contribution in [0.25, 0.3) is 0 Å². The summed E-state index contributed by atoms with van der Waals surface area (Å²) in [5.74, 6) is 0.357. The van der Waals surface area contributed by atoms with Gasteiger partial charge in [0, 0.05) is 11.0 Å². The van der Waals surface area contributed by atoms with Gasteiger partial charge in [-0.3, -0.25) is 0 Å². The molecule has 0 unspecified atom stereocenters. The summed E-state index contributed by atoms with van der Waals surface area (Å²) in [5.41, 5.74) is 0.465. The second kappa shape index (κ2) is 7.50. The molecule has 0 bridgehead atoms. The van der Waals surface area contributed by atoms with Crippen molar-refractivity contribution in [3.63, 3.8) is 0 Å². The molecule has 0 heterocycles. The number of rotatable bonds is 4. The van der Waals surface area contributed by atoms with Gasteiger partial charge in [-0.15, -0.1) is 0 Å². The highest BCUT2D eigenvalue weighted by atomic mass is 79.9. The fraction of sp³-hybridized carbons (Fsp3) is 0.562. The predicted octanol–water partition coefficient (Wildman–Crippen LogP) is 5.50. The standard InChI is InChI=1S/C16H23BrClNO2/c1-11(2)9-19(15(20)21-16(3,4)5)10-12-7-6-8-13(18)14(12)17/h6-8,11H,9-10H2,1-5H3. The molecule has 0 atom stereocenters. The molecule has 5 heteroatoms.